The number of nitrogens with zero attached hydrogens (tertiary/aromatic N) is 1. The van der Waals surface area contributed by atoms with Crippen molar-refractivity contribution >= 4 is 28.3 Å². The van der Waals surface area contributed by atoms with Crippen molar-refractivity contribution in [1.82, 2.24) is 9.88 Å². The number of aromatic nitrogens is 1. The summed E-state index contributed by atoms with van der Waals surface area (Å²) in [5, 5.41) is 4.62. The van der Waals surface area contributed by atoms with E-state index in [-0.39, 0.29) is 17.5 Å². The second-order valence-corrected chi connectivity index (χ2v) is 7.91. The lowest BCUT2D eigenvalue weighted by atomic mass is 10.0. The van der Waals surface area contributed by atoms with E-state index in [1.165, 1.54) is 0 Å². The van der Waals surface area contributed by atoms with Crippen molar-refractivity contribution in [3.05, 3.63) is 111 Å². The van der Waals surface area contributed by atoms with Crippen molar-refractivity contribution in [1.29, 1.82) is 0 Å². The van der Waals surface area contributed by atoms with Crippen molar-refractivity contribution in [3.8, 4) is 5.69 Å². The average molecular weight is 431 g/mol. The maximum Gasteiger partial charge on any atom is 0.263 e. The number of fused-ring (bicyclic) bond motifs is 1. The normalized spacial score (nSPS) is 12.0. The molecule has 0 spiro atoms. The van der Waals surface area contributed by atoms with Gasteiger partial charge in [0.05, 0.1) is 11.6 Å². The molecule has 0 bridgehead atoms. The van der Waals surface area contributed by atoms with Crippen LogP contribution in [0.25, 0.3) is 16.5 Å². The maximum atomic E-state index is 13.5. The maximum absolute atomic E-state index is 13.5. The third-order valence-corrected chi connectivity index (χ3v) is 5.77. The second kappa shape index (κ2) is 8.78. The van der Waals surface area contributed by atoms with Crippen LogP contribution < -0.4 is 10.9 Å². The van der Waals surface area contributed by atoms with Crippen molar-refractivity contribution in [3.63, 3.8) is 0 Å². The van der Waals surface area contributed by atoms with Gasteiger partial charge >= 0.3 is 0 Å². The van der Waals surface area contributed by atoms with Crippen LogP contribution >= 0.6 is 11.6 Å². The number of amides is 1. The molecule has 1 atom stereocenters. The molecule has 0 saturated carbocycles. The van der Waals surface area contributed by atoms with E-state index in [0.29, 0.717) is 32.7 Å². The number of carbonyl (C=O) groups excluding carboxylic acids is 1. The molecule has 4 nitrogen and oxygen atoms in total. The standard InChI is InChI=1S/C26H23ClN2O2/c1-3-23(18-10-6-4-7-11-18)28-25(30)24-17(2)29(20-12-8-5-9-13-20)26(31)22-16-19(27)14-15-21(22)24/h4-16,23H,3H2,1-2H3,(H,28,30)/t23-/m0/s1. The van der Waals surface area contributed by atoms with Gasteiger partial charge in [-0.2, -0.15) is 0 Å². The molecule has 0 unspecified atom stereocenters. The van der Waals surface area contributed by atoms with Crippen LogP contribution in [0.3, 0.4) is 0 Å². The van der Waals surface area contributed by atoms with E-state index in [4.69, 9.17) is 11.6 Å². The van der Waals surface area contributed by atoms with Crippen LogP contribution in [-0.2, 0) is 0 Å². The van der Waals surface area contributed by atoms with E-state index in [2.05, 4.69) is 5.32 Å². The number of pyridine rings is 1. The molecule has 4 aromatic rings. The van der Waals surface area contributed by atoms with Crippen LogP contribution in [0, 0.1) is 6.92 Å². The molecule has 0 fully saturated rings. The Morgan fingerprint density at radius 1 is 0.968 bits per heavy atom. The van der Waals surface area contributed by atoms with Gasteiger partial charge < -0.3 is 5.32 Å². The minimum absolute atomic E-state index is 0.132. The summed E-state index contributed by atoms with van der Waals surface area (Å²) in [7, 11) is 0. The first-order valence-corrected chi connectivity index (χ1v) is 10.6. The number of nitrogens with one attached hydrogen (secondary N) is 1. The molecular weight excluding hydrogens is 408 g/mol. The molecular formula is C26H23ClN2O2. The van der Waals surface area contributed by atoms with Gasteiger partial charge in [-0.3, -0.25) is 14.2 Å². The molecule has 0 saturated heterocycles. The Kier molecular flexibility index (Phi) is 5.92. The van der Waals surface area contributed by atoms with E-state index < -0.39 is 0 Å². The van der Waals surface area contributed by atoms with Crippen LogP contribution in [-0.4, -0.2) is 10.5 Å². The lowest BCUT2D eigenvalue weighted by Gasteiger charge is -2.21. The van der Waals surface area contributed by atoms with Gasteiger partial charge in [-0.05, 0) is 43.2 Å². The van der Waals surface area contributed by atoms with E-state index >= 15 is 0 Å². The topological polar surface area (TPSA) is 51.1 Å². The molecule has 4 rings (SSSR count). The Hall–Kier alpha value is -3.37. The molecule has 0 radical (unpaired) electrons. The van der Waals surface area contributed by atoms with Gasteiger partial charge in [-0.25, -0.2) is 0 Å². The van der Waals surface area contributed by atoms with Crippen LogP contribution in [0.4, 0.5) is 0 Å². The summed E-state index contributed by atoms with van der Waals surface area (Å²) in [6.07, 6.45) is 0.747. The monoisotopic (exact) mass is 430 g/mol. The Bertz CT molecular complexity index is 1300. The summed E-state index contributed by atoms with van der Waals surface area (Å²) in [6, 6.07) is 24.2. The number of benzene rings is 3. The van der Waals surface area contributed by atoms with E-state index in [1.807, 2.05) is 67.6 Å². The third kappa shape index (κ3) is 3.99. The summed E-state index contributed by atoms with van der Waals surface area (Å²) in [5.74, 6) is -0.217. The first kappa shape index (κ1) is 20.9. The number of para-hydroxylation sites is 1. The fraction of sp³-hybridized carbons (Fsp3) is 0.154. The van der Waals surface area contributed by atoms with E-state index in [9.17, 15) is 9.59 Å². The van der Waals surface area contributed by atoms with Crippen LogP contribution in [0.5, 0.6) is 0 Å². The van der Waals surface area contributed by atoms with Crippen LogP contribution in [0.1, 0.15) is 41.0 Å². The number of rotatable bonds is 5. The quantitative estimate of drug-likeness (QED) is 0.432. The highest BCUT2D eigenvalue weighted by molar-refractivity contribution is 6.31. The summed E-state index contributed by atoms with van der Waals surface area (Å²) in [5.41, 5.74) is 2.61. The first-order valence-electron chi connectivity index (χ1n) is 10.3. The average Bonchev–Trinajstić information content (AvgIpc) is 2.79. The number of halogens is 1. The minimum atomic E-state index is -0.217. The molecule has 1 N–H and O–H groups in total. The van der Waals surface area contributed by atoms with Gasteiger partial charge in [0.2, 0.25) is 0 Å². The summed E-state index contributed by atoms with van der Waals surface area (Å²) in [4.78, 5) is 26.9. The van der Waals surface area contributed by atoms with E-state index in [0.717, 1.165) is 12.0 Å². The molecule has 31 heavy (non-hydrogen) atoms. The Labute approximate surface area is 186 Å². The van der Waals surface area contributed by atoms with E-state index in [1.54, 1.807) is 29.7 Å². The summed E-state index contributed by atoms with van der Waals surface area (Å²) < 4.78 is 1.58. The lowest BCUT2D eigenvalue weighted by molar-refractivity contribution is 0.0936. The molecule has 0 aliphatic rings. The third-order valence-electron chi connectivity index (χ3n) is 5.54. The predicted molar refractivity (Wildman–Crippen MR) is 126 cm³/mol. The van der Waals surface area contributed by atoms with Gasteiger partial charge in [0.15, 0.2) is 0 Å². The SMILES string of the molecule is CC[C@H](NC(=O)c1c(C)n(-c2ccccc2)c(=O)c2cc(Cl)ccc12)c1ccccc1. The predicted octanol–water partition coefficient (Wildman–Crippen LogP) is 5.83. The molecule has 1 amide bonds. The minimum Gasteiger partial charge on any atom is -0.345 e. The molecule has 5 heteroatoms. The van der Waals surface area contributed by atoms with Crippen molar-refractivity contribution in [2.45, 2.75) is 26.3 Å². The smallest absolute Gasteiger partial charge is 0.263 e. The highest BCUT2D eigenvalue weighted by Crippen LogP contribution is 2.26. The van der Waals surface area contributed by atoms with Crippen LogP contribution in [0.2, 0.25) is 5.02 Å². The molecule has 1 aromatic heterocycles. The second-order valence-electron chi connectivity index (χ2n) is 7.47. The van der Waals surface area contributed by atoms with Gasteiger partial charge in [0, 0.05) is 27.2 Å². The number of hydrogen-bond donors (Lipinski definition) is 1. The van der Waals surface area contributed by atoms with Gasteiger partial charge in [-0.15, -0.1) is 0 Å². The molecule has 1 heterocycles. The zero-order chi connectivity index (χ0) is 22.0. The summed E-state index contributed by atoms with van der Waals surface area (Å²) in [6.45, 7) is 3.84. The number of hydrogen-bond acceptors (Lipinski definition) is 2. The zero-order valence-electron chi connectivity index (χ0n) is 17.4. The van der Waals surface area contributed by atoms with Crippen molar-refractivity contribution in [2.75, 3.05) is 0 Å². The molecule has 156 valence electrons. The Balaban J connectivity index is 1.91. The highest BCUT2D eigenvalue weighted by Gasteiger charge is 2.22. The fourth-order valence-corrected chi connectivity index (χ4v) is 4.17. The lowest BCUT2D eigenvalue weighted by Crippen LogP contribution is -2.32. The largest absolute Gasteiger partial charge is 0.345 e. The van der Waals surface area contributed by atoms with Crippen molar-refractivity contribution in [2.24, 2.45) is 0 Å². The highest BCUT2D eigenvalue weighted by atomic mass is 35.5. The van der Waals surface area contributed by atoms with Gasteiger partial charge in [0.1, 0.15) is 0 Å². The van der Waals surface area contributed by atoms with Gasteiger partial charge in [-0.1, -0.05) is 73.1 Å². The Morgan fingerprint density at radius 3 is 2.26 bits per heavy atom. The molecule has 0 aliphatic heterocycles. The summed E-state index contributed by atoms with van der Waals surface area (Å²) >= 11 is 6.20. The molecule has 3 aromatic carbocycles. The zero-order valence-corrected chi connectivity index (χ0v) is 18.2. The Morgan fingerprint density at radius 2 is 1.61 bits per heavy atom. The molecule has 0 aliphatic carbocycles. The van der Waals surface area contributed by atoms with Crippen LogP contribution in [0.15, 0.2) is 83.7 Å². The van der Waals surface area contributed by atoms with Crippen molar-refractivity contribution < 1.29 is 4.79 Å². The first-order chi connectivity index (χ1) is 15.0. The van der Waals surface area contributed by atoms with Gasteiger partial charge in [0.25, 0.3) is 11.5 Å². The fourth-order valence-electron chi connectivity index (χ4n) is 4.00. The number of carbonyl (C=O) groups is 1.